The molecule has 0 amide bonds. The molecule has 2 aliphatic carbocycles. The third-order valence-electron chi connectivity index (χ3n) is 8.48. The van der Waals surface area contributed by atoms with Crippen LogP contribution in [0.1, 0.15) is 42.9 Å². The van der Waals surface area contributed by atoms with Gasteiger partial charge in [-0.25, -0.2) is 0 Å². The van der Waals surface area contributed by atoms with E-state index in [4.69, 9.17) is 14.2 Å². The van der Waals surface area contributed by atoms with Crippen LogP contribution in [-0.4, -0.2) is 50.1 Å². The molecule has 0 spiro atoms. The van der Waals surface area contributed by atoms with Crippen molar-refractivity contribution >= 4 is 5.78 Å². The summed E-state index contributed by atoms with van der Waals surface area (Å²) < 4.78 is 18.7. The molecule has 2 aromatic carbocycles. The van der Waals surface area contributed by atoms with E-state index < -0.39 is 11.0 Å². The fourth-order valence-electron chi connectivity index (χ4n) is 6.94. The first-order chi connectivity index (χ1) is 15.5. The zero-order valence-electron chi connectivity index (χ0n) is 19.5. The molecule has 1 saturated heterocycles. The predicted molar refractivity (Wildman–Crippen MR) is 123 cm³/mol. The standard InChI is InChI=1S/C27H33NO4/c1-18-21(29)12-13-27(32-17-19-8-6-5-7-9-19)23-16-20-10-11-22(30-3)25(31-4)24(20)26(18,27)14-15-28(23)2/h5-11,18,23H,12-17H2,1-4H3/t18?,23-,26-,27-/m1/s1. The molecule has 4 atom stereocenters. The van der Waals surface area contributed by atoms with Gasteiger partial charge in [-0.05, 0) is 50.0 Å². The number of hydrogen-bond acceptors (Lipinski definition) is 5. The minimum atomic E-state index is -0.462. The molecule has 1 saturated carbocycles. The van der Waals surface area contributed by atoms with E-state index in [1.54, 1.807) is 14.2 Å². The van der Waals surface area contributed by atoms with Crippen molar-refractivity contribution in [2.24, 2.45) is 5.92 Å². The molecule has 2 aromatic rings. The van der Waals surface area contributed by atoms with Crippen molar-refractivity contribution in [2.45, 2.75) is 56.3 Å². The molecule has 1 aliphatic heterocycles. The van der Waals surface area contributed by atoms with Gasteiger partial charge in [0.15, 0.2) is 11.5 Å². The number of methoxy groups -OCH3 is 2. The van der Waals surface area contributed by atoms with Crippen LogP contribution in [0, 0.1) is 5.92 Å². The number of likely N-dealkylation sites (N-methyl/N-ethyl adjacent to an activating group) is 1. The van der Waals surface area contributed by atoms with Gasteiger partial charge in [0.05, 0.1) is 26.4 Å². The molecule has 2 bridgehead atoms. The zero-order chi connectivity index (χ0) is 22.5. The second-order valence-corrected chi connectivity index (χ2v) is 9.61. The molecule has 2 fully saturated rings. The molecule has 3 aliphatic rings. The number of rotatable bonds is 5. The minimum Gasteiger partial charge on any atom is -0.493 e. The maximum absolute atomic E-state index is 13.3. The summed E-state index contributed by atoms with van der Waals surface area (Å²) in [5.41, 5.74) is 2.64. The number of ketones is 1. The number of nitrogens with zero attached hydrogens (tertiary/aromatic N) is 1. The lowest BCUT2D eigenvalue weighted by molar-refractivity contribution is -0.214. The molecular weight excluding hydrogens is 402 g/mol. The number of benzene rings is 2. The van der Waals surface area contributed by atoms with E-state index in [0.29, 0.717) is 18.8 Å². The maximum atomic E-state index is 13.3. The van der Waals surface area contributed by atoms with Gasteiger partial charge in [0.2, 0.25) is 0 Å². The Hall–Kier alpha value is -2.37. The molecular formula is C27H33NO4. The Balaban J connectivity index is 1.74. The molecule has 32 heavy (non-hydrogen) atoms. The molecule has 170 valence electrons. The van der Waals surface area contributed by atoms with Crippen LogP contribution in [0.4, 0.5) is 0 Å². The quantitative estimate of drug-likeness (QED) is 0.706. The first-order valence-corrected chi connectivity index (χ1v) is 11.6. The van der Waals surface area contributed by atoms with Crippen LogP contribution >= 0.6 is 0 Å². The van der Waals surface area contributed by atoms with Gasteiger partial charge in [-0.15, -0.1) is 0 Å². The summed E-state index contributed by atoms with van der Waals surface area (Å²) in [6, 6.07) is 14.7. The molecule has 1 unspecified atom stereocenters. The highest BCUT2D eigenvalue weighted by molar-refractivity contribution is 5.85. The van der Waals surface area contributed by atoms with Crippen molar-refractivity contribution in [3.05, 3.63) is 59.2 Å². The van der Waals surface area contributed by atoms with Crippen molar-refractivity contribution < 1.29 is 19.0 Å². The second-order valence-electron chi connectivity index (χ2n) is 9.61. The summed E-state index contributed by atoms with van der Waals surface area (Å²) in [5, 5.41) is 0. The zero-order valence-corrected chi connectivity index (χ0v) is 19.5. The van der Waals surface area contributed by atoms with Gasteiger partial charge in [0.1, 0.15) is 5.78 Å². The second kappa shape index (κ2) is 7.89. The van der Waals surface area contributed by atoms with Crippen LogP contribution in [0.2, 0.25) is 0 Å². The number of carbonyl (C=O) groups excluding carboxylic acids is 1. The highest BCUT2D eigenvalue weighted by Crippen LogP contribution is 2.63. The molecule has 5 rings (SSSR count). The van der Waals surface area contributed by atoms with Gasteiger partial charge in [0, 0.05) is 29.4 Å². The fraction of sp³-hybridized carbons (Fsp3) is 0.519. The van der Waals surface area contributed by atoms with Gasteiger partial charge >= 0.3 is 0 Å². The monoisotopic (exact) mass is 435 g/mol. The number of likely N-dealkylation sites (tertiary alicyclic amines) is 1. The predicted octanol–water partition coefficient (Wildman–Crippen LogP) is 4.16. The van der Waals surface area contributed by atoms with E-state index >= 15 is 0 Å². The Bertz CT molecular complexity index is 1020. The van der Waals surface area contributed by atoms with E-state index in [-0.39, 0.29) is 12.0 Å². The smallest absolute Gasteiger partial charge is 0.164 e. The fourth-order valence-corrected chi connectivity index (χ4v) is 6.94. The van der Waals surface area contributed by atoms with E-state index in [9.17, 15) is 4.79 Å². The van der Waals surface area contributed by atoms with Crippen LogP contribution in [0.15, 0.2) is 42.5 Å². The van der Waals surface area contributed by atoms with Crippen LogP contribution < -0.4 is 9.47 Å². The highest BCUT2D eigenvalue weighted by Gasteiger charge is 2.69. The first-order valence-electron chi connectivity index (χ1n) is 11.6. The van der Waals surface area contributed by atoms with E-state index in [1.165, 1.54) is 5.56 Å². The summed E-state index contributed by atoms with van der Waals surface area (Å²) in [5.74, 6) is 1.66. The topological polar surface area (TPSA) is 48.0 Å². The van der Waals surface area contributed by atoms with Gasteiger partial charge in [-0.1, -0.05) is 43.3 Å². The van der Waals surface area contributed by atoms with Gasteiger partial charge in [0.25, 0.3) is 0 Å². The minimum absolute atomic E-state index is 0.150. The lowest BCUT2D eigenvalue weighted by atomic mass is 9.45. The van der Waals surface area contributed by atoms with Crippen LogP contribution in [-0.2, 0) is 28.0 Å². The normalized spacial score (nSPS) is 31.6. The van der Waals surface area contributed by atoms with Crippen LogP contribution in [0.5, 0.6) is 11.5 Å². The molecule has 0 radical (unpaired) electrons. The van der Waals surface area contributed by atoms with Crippen molar-refractivity contribution in [3.8, 4) is 11.5 Å². The summed E-state index contributed by atoms with van der Waals surface area (Å²) >= 11 is 0. The number of carbonyl (C=O) groups is 1. The summed E-state index contributed by atoms with van der Waals surface area (Å²) in [4.78, 5) is 15.7. The van der Waals surface area contributed by atoms with Gasteiger partial charge in [-0.2, -0.15) is 0 Å². The number of Topliss-reactive ketones (excluding diaryl/α,β-unsaturated/α-hetero) is 1. The Kier molecular flexibility index (Phi) is 5.30. The van der Waals surface area contributed by atoms with Crippen molar-refractivity contribution in [1.29, 1.82) is 0 Å². The summed E-state index contributed by atoms with van der Waals surface area (Å²) in [7, 11) is 5.59. The van der Waals surface area contributed by atoms with Crippen molar-refractivity contribution in [2.75, 3.05) is 27.8 Å². The number of hydrogen-bond donors (Lipinski definition) is 0. The van der Waals surface area contributed by atoms with E-state index in [0.717, 1.165) is 48.4 Å². The average molecular weight is 436 g/mol. The molecule has 1 heterocycles. The van der Waals surface area contributed by atoms with Crippen LogP contribution in [0.3, 0.4) is 0 Å². The summed E-state index contributed by atoms with van der Waals surface area (Å²) in [6.45, 7) is 3.58. The number of fused-ring (bicyclic) bond motifs is 1. The number of ether oxygens (including phenoxy) is 3. The third-order valence-corrected chi connectivity index (χ3v) is 8.48. The van der Waals surface area contributed by atoms with E-state index in [2.05, 4.69) is 49.2 Å². The number of piperidine rings is 1. The van der Waals surface area contributed by atoms with Gasteiger partial charge in [-0.3, -0.25) is 4.79 Å². The average Bonchev–Trinajstić information content (AvgIpc) is 2.82. The first kappa shape index (κ1) is 21.5. The Morgan fingerprint density at radius 2 is 1.84 bits per heavy atom. The third kappa shape index (κ3) is 2.80. The summed E-state index contributed by atoms with van der Waals surface area (Å²) in [6.07, 6.45) is 3.03. The molecule has 5 heteroatoms. The van der Waals surface area contributed by atoms with E-state index in [1.807, 2.05) is 12.1 Å². The Morgan fingerprint density at radius 1 is 1.06 bits per heavy atom. The Morgan fingerprint density at radius 3 is 2.56 bits per heavy atom. The SMILES string of the molecule is COc1ccc2c(c1OC)[C@]13CCN(C)[C@H](C2)[C@]1(OCc1ccccc1)CCC(=O)C3C. The van der Waals surface area contributed by atoms with Gasteiger partial charge < -0.3 is 19.1 Å². The molecule has 0 aromatic heterocycles. The molecule has 0 N–H and O–H groups in total. The van der Waals surface area contributed by atoms with Crippen molar-refractivity contribution in [3.63, 3.8) is 0 Å². The lowest BCUT2D eigenvalue weighted by Crippen LogP contribution is -2.75. The lowest BCUT2D eigenvalue weighted by Gasteiger charge is -2.66. The molecule has 5 nitrogen and oxygen atoms in total. The Labute approximate surface area is 190 Å². The van der Waals surface area contributed by atoms with Crippen LogP contribution in [0.25, 0.3) is 0 Å². The largest absolute Gasteiger partial charge is 0.493 e. The highest BCUT2D eigenvalue weighted by atomic mass is 16.5. The van der Waals surface area contributed by atoms with Crippen molar-refractivity contribution in [1.82, 2.24) is 4.90 Å². The maximum Gasteiger partial charge on any atom is 0.164 e.